The summed E-state index contributed by atoms with van der Waals surface area (Å²) in [5, 5.41) is 0.132. The van der Waals surface area contributed by atoms with Crippen molar-refractivity contribution in [1.29, 1.82) is 0 Å². The number of ether oxygens (including phenoxy) is 1. The zero-order valence-electron chi connectivity index (χ0n) is 5.57. The van der Waals surface area contributed by atoms with Gasteiger partial charge < -0.3 is 4.74 Å². The summed E-state index contributed by atoms with van der Waals surface area (Å²) in [6, 6.07) is 1.53. The van der Waals surface area contributed by atoms with Gasteiger partial charge in [-0.1, -0.05) is 11.6 Å². The van der Waals surface area contributed by atoms with Crippen LogP contribution in [0.1, 0.15) is 0 Å². The van der Waals surface area contributed by atoms with Crippen molar-refractivity contribution in [1.82, 2.24) is 4.98 Å². The molecule has 0 radical (unpaired) electrons. The second-order valence-corrected chi connectivity index (χ2v) is 3.30. The van der Waals surface area contributed by atoms with Crippen molar-refractivity contribution in [3.8, 4) is 5.75 Å². The van der Waals surface area contributed by atoms with Gasteiger partial charge in [-0.15, -0.1) is 0 Å². The highest BCUT2D eigenvalue weighted by Crippen LogP contribution is 2.24. The Bertz CT molecular complexity index is 258. The van der Waals surface area contributed by atoms with Gasteiger partial charge in [-0.25, -0.2) is 4.98 Å². The summed E-state index contributed by atoms with van der Waals surface area (Å²) >= 11 is 7.39. The summed E-state index contributed by atoms with van der Waals surface area (Å²) in [7, 11) is 1.39. The van der Waals surface area contributed by atoms with Crippen LogP contribution in [0, 0.1) is 9.52 Å². The van der Waals surface area contributed by atoms with Crippen LogP contribution in [0.5, 0.6) is 5.75 Å². The number of rotatable bonds is 1. The molecule has 11 heavy (non-hydrogen) atoms. The number of hydrogen-bond donors (Lipinski definition) is 0. The Morgan fingerprint density at radius 2 is 2.36 bits per heavy atom. The quantitative estimate of drug-likeness (QED) is 0.585. The molecule has 0 spiro atoms. The molecule has 0 aliphatic heterocycles. The van der Waals surface area contributed by atoms with Crippen LogP contribution in [0.15, 0.2) is 6.07 Å². The van der Waals surface area contributed by atoms with Crippen LogP contribution in [0.25, 0.3) is 0 Å². The van der Waals surface area contributed by atoms with Crippen LogP contribution in [0.4, 0.5) is 4.39 Å². The fraction of sp³-hybridized carbons (Fsp3) is 0.167. The maximum Gasteiger partial charge on any atom is 0.257 e. The molecule has 0 bridgehead atoms. The number of hydrogen-bond acceptors (Lipinski definition) is 2. The van der Waals surface area contributed by atoms with Crippen LogP contribution in [-0.2, 0) is 0 Å². The number of methoxy groups -OCH3 is 1. The number of nitrogens with zero attached hydrogens (tertiary/aromatic N) is 1. The summed E-state index contributed by atoms with van der Waals surface area (Å²) < 4.78 is 18.1. The fourth-order valence-electron chi connectivity index (χ4n) is 0.627. The van der Waals surface area contributed by atoms with Crippen molar-refractivity contribution in [2.75, 3.05) is 7.11 Å². The summed E-state index contributed by atoms with van der Waals surface area (Å²) in [6.07, 6.45) is 0. The second kappa shape index (κ2) is 3.53. The second-order valence-electron chi connectivity index (χ2n) is 1.75. The first kappa shape index (κ1) is 8.99. The Kier molecular flexibility index (Phi) is 2.89. The van der Waals surface area contributed by atoms with Crippen molar-refractivity contribution < 1.29 is 9.13 Å². The first-order valence-corrected chi connectivity index (χ1v) is 4.16. The van der Waals surface area contributed by atoms with Gasteiger partial charge in [0.15, 0.2) is 5.75 Å². The molecule has 0 atom stereocenters. The molecule has 0 aliphatic carbocycles. The standard InChI is InChI=1S/C6H4ClFINO/c1-11-5-3(9)2-4(7)10-6(5)8/h2H,1H3. The Morgan fingerprint density at radius 1 is 1.73 bits per heavy atom. The first-order valence-electron chi connectivity index (χ1n) is 2.70. The zero-order valence-corrected chi connectivity index (χ0v) is 8.48. The minimum absolute atomic E-state index is 0.132. The Balaban J connectivity index is 3.25. The predicted molar refractivity (Wildman–Crippen MR) is 48.5 cm³/mol. The van der Waals surface area contributed by atoms with Gasteiger partial charge >= 0.3 is 0 Å². The Hall–Kier alpha value is -0.100. The van der Waals surface area contributed by atoms with Crippen LogP contribution in [0.3, 0.4) is 0 Å². The van der Waals surface area contributed by atoms with E-state index in [4.69, 9.17) is 16.3 Å². The van der Waals surface area contributed by atoms with Crippen LogP contribution in [-0.4, -0.2) is 12.1 Å². The molecule has 0 saturated heterocycles. The van der Waals surface area contributed by atoms with Crippen LogP contribution >= 0.6 is 34.2 Å². The molecule has 1 aromatic heterocycles. The van der Waals surface area contributed by atoms with Crippen molar-refractivity contribution in [2.24, 2.45) is 0 Å². The molecule has 1 heterocycles. The fourth-order valence-corrected chi connectivity index (χ4v) is 1.73. The van der Waals surface area contributed by atoms with Crippen molar-refractivity contribution in [3.63, 3.8) is 0 Å². The third-order valence-electron chi connectivity index (χ3n) is 1.06. The van der Waals surface area contributed by atoms with Gasteiger partial charge in [0.2, 0.25) is 0 Å². The lowest BCUT2D eigenvalue weighted by Crippen LogP contribution is -1.94. The van der Waals surface area contributed by atoms with Crippen molar-refractivity contribution in [2.45, 2.75) is 0 Å². The van der Waals surface area contributed by atoms with E-state index in [1.165, 1.54) is 13.2 Å². The number of halogens is 3. The number of aromatic nitrogens is 1. The normalized spacial score (nSPS) is 9.82. The van der Waals surface area contributed by atoms with Gasteiger partial charge in [-0.2, -0.15) is 4.39 Å². The zero-order chi connectivity index (χ0) is 8.43. The molecular formula is C6H4ClFINO. The van der Waals surface area contributed by atoms with E-state index >= 15 is 0 Å². The number of pyridine rings is 1. The molecule has 0 amide bonds. The lowest BCUT2D eigenvalue weighted by atomic mass is 10.4. The molecule has 2 nitrogen and oxygen atoms in total. The van der Waals surface area contributed by atoms with E-state index in [1.807, 2.05) is 22.6 Å². The Labute approximate surface area is 81.9 Å². The van der Waals surface area contributed by atoms with E-state index in [1.54, 1.807) is 0 Å². The highest BCUT2D eigenvalue weighted by atomic mass is 127. The Morgan fingerprint density at radius 3 is 2.82 bits per heavy atom. The van der Waals surface area contributed by atoms with Gasteiger partial charge in [0.25, 0.3) is 5.95 Å². The molecule has 0 saturated carbocycles. The molecular weight excluding hydrogens is 283 g/mol. The summed E-state index contributed by atoms with van der Waals surface area (Å²) in [5.41, 5.74) is 0. The average molecular weight is 287 g/mol. The predicted octanol–water partition coefficient (Wildman–Crippen LogP) is 2.49. The molecule has 0 fully saturated rings. The summed E-state index contributed by atoms with van der Waals surface area (Å²) in [5.74, 6) is -0.542. The van der Waals surface area contributed by atoms with Gasteiger partial charge in [-0.3, -0.25) is 0 Å². The molecule has 0 aliphatic rings. The first-order chi connectivity index (χ1) is 5.15. The largest absolute Gasteiger partial charge is 0.491 e. The summed E-state index contributed by atoms with van der Waals surface area (Å²) in [4.78, 5) is 3.37. The van der Waals surface area contributed by atoms with E-state index < -0.39 is 5.95 Å². The van der Waals surface area contributed by atoms with Gasteiger partial charge in [0.1, 0.15) is 5.15 Å². The van der Waals surface area contributed by atoms with E-state index in [2.05, 4.69) is 4.98 Å². The van der Waals surface area contributed by atoms with Gasteiger partial charge in [0.05, 0.1) is 10.7 Å². The maximum atomic E-state index is 12.8. The molecule has 0 N–H and O–H groups in total. The summed E-state index contributed by atoms with van der Waals surface area (Å²) in [6.45, 7) is 0. The smallest absolute Gasteiger partial charge is 0.257 e. The van der Waals surface area contributed by atoms with Gasteiger partial charge in [-0.05, 0) is 28.7 Å². The topological polar surface area (TPSA) is 22.1 Å². The monoisotopic (exact) mass is 287 g/mol. The van der Waals surface area contributed by atoms with E-state index in [-0.39, 0.29) is 10.9 Å². The minimum Gasteiger partial charge on any atom is -0.491 e. The highest BCUT2D eigenvalue weighted by Gasteiger charge is 2.09. The molecule has 1 aromatic rings. The third-order valence-corrected chi connectivity index (χ3v) is 2.05. The van der Waals surface area contributed by atoms with E-state index in [0.717, 1.165) is 0 Å². The van der Waals surface area contributed by atoms with E-state index in [0.29, 0.717) is 3.57 Å². The lowest BCUT2D eigenvalue weighted by molar-refractivity contribution is 0.374. The van der Waals surface area contributed by atoms with E-state index in [9.17, 15) is 4.39 Å². The van der Waals surface area contributed by atoms with Crippen LogP contribution in [0.2, 0.25) is 5.15 Å². The average Bonchev–Trinajstić information content (AvgIpc) is 1.85. The third kappa shape index (κ3) is 1.93. The minimum atomic E-state index is -0.676. The maximum absolute atomic E-state index is 12.8. The molecule has 5 heteroatoms. The van der Waals surface area contributed by atoms with Crippen molar-refractivity contribution in [3.05, 3.63) is 20.7 Å². The van der Waals surface area contributed by atoms with Gasteiger partial charge in [0, 0.05) is 0 Å². The SMILES string of the molecule is COc1c(I)cc(Cl)nc1F. The van der Waals surface area contributed by atoms with Crippen LogP contribution < -0.4 is 4.74 Å². The molecule has 60 valence electrons. The lowest BCUT2D eigenvalue weighted by Gasteiger charge is -2.02. The molecule has 0 unspecified atom stereocenters. The van der Waals surface area contributed by atoms with Crippen molar-refractivity contribution >= 4 is 34.2 Å². The highest BCUT2D eigenvalue weighted by molar-refractivity contribution is 14.1. The molecule has 0 aromatic carbocycles. The molecule has 1 rings (SSSR count).